The van der Waals surface area contributed by atoms with Gasteiger partial charge >= 0.3 is 0 Å². The van der Waals surface area contributed by atoms with Gasteiger partial charge < -0.3 is 20.1 Å². The molecule has 0 spiro atoms. The second-order valence-electron chi connectivity index (χ2n) is 10.3. The van der Waals surface area contributed by atoms with Crippen molar-refractivity contribution in [3.05, 3.63) is 23.8 Å². The summed E-state index contributed by atoms with van der Waals surface area (Å²) in [5.41, 5.74) is 0.673. The quantitative estimate of drug-likeness (QED) is 0.662. The molecule has 4 saturated carbocycles. The monoisotopic (exact) mass is 428 g/mol. The van der Waals surface area contributed by atoms with Crippen LogP contribution in [0.2, 0.25) is 0 Å². The molecule has 4 aliphatic rings. The first-order chi connectivity index (χ1) is 14.8. The van der Waals surface area contributed by atoms with Crippen LogP contribution in [0.5, 0.6) is 11.5 Å². The molecule has 2 N–H and O–H groups in total. The van der Waals surface area contributed by atoms with E-state index in [0.29, 0.717) is 35.8 Å². The molecule has 4 fully saturated rings. The maximum atomic E-state index is 13.4. The highest BCUT2D eigenvalue weighted by atomic mass is 16.5. The number of hydrogen-bond acceptors (Lipinski definition) is 4. The molecule has 4 aliphatic carbocycles. The van der Waals surface area contributed by atoms with Crippen LogP contribution in [0.15, 0.2) is 18.2 Å². The number of carbonyl (C=O) groups is 2. The summed E-state index contributed by atoms with van der Waals surface area (Å²) in [6, 6.07) is 5.06. The third-order valence-corrected chi connectivity index (χ3v) is 7.67. The van der Waals surface area contributed by atoms with Gasteiger partial charge in [-0.05, 0) is 79.9 Å². The van der Waals surface area contributed by atoms with Crippen molar-refractivity contribution in [3.63, 3.8) is 0 Å². The first kappa shape index (κ1) is 22.0. The van der Waals surface area contributed by atoms with Crippen molar-refractivity contribution in [1.82, 2.24) is 10.6 Å². The molecule has 1 aromatic rings. The van der Waals surface area contributed by atoms with Crippen LogP contribution in [0.25, 0.3) is 0 Å². The standard InChI is InChI=1S/C25H36N2O4/c1-15(2)22(23(28)26-14-16-5-6-20(30-3)21(10-16)31-4)27-24(29)25-11-17-7-18(12-25)9-19(8-17)13-25/h5-6,10,15,17-19,22H,7-9,11-14H2,1-4H3,(H,26,28)(H,27,29)/t17?,18?,19?,22-,25?/m1/s1. The maximum Gasteiger partial charge on any atom is 0.243 e. The number of methoxy groups -OCH3 is 2. The fraction of sp³-hybridized carbons (Fsp3) is 0.680. The van der Waals surface area contributed by atoms with E-state index >= 15 is 0 Å². The highest BCUT2D eigenvalue weighted by Gasteiger charge is 2.55. The van der Waals surface area contributed by atoms with E-state index in [-0.39, 0.29) is 23.1 Å². The number of amides is 2. The van der Waals surface area contributed by atoms with Crippen LogP contribution < -0.4 is 20.1 Å². The van der Waals surface area contributed by atoms with Crippen LogP contribution in [0.3, 0.4) is 0 Å². The van der Waals surface area contributed by atoms with E-state index < -0.39 is 6.04 Å². The van der Waals surface area contributed by atoms with E-state index in [9.17, 15) is 9.59 Å². The zero-order chi connectivity index (χ0) is 22.2. The van der Waals surface area contributed by atoms with Crippen LogP contribution in [-0.2, 0) is 16.1 Å². The predicted molar refractivity (Wildman–Crippen MR) is 119 cm³/mol. The normalized spacial score (nSPS) is 29.5. The number of rotatable bonds is 8. The molecule has 2 amide bonds. The van der Waals surface area contributed by atoms with Crippen molar-refractivity contribution < 1.29 is 19.1 Å². The van der Waals surface area contributed by atoms with Gasteiger partial charge in [0.05, 0.1) is 14.2 Å². The minimum Gasteiger partial charge on any atom is -0.493 e. The van der Waals surface area contributed by atoms with Gasteiger partial charge in [0.25, 0.3) is 0 Å². The van der Waals surface area contributed by atoms with Crippen molar-refractivity contribution in [3.8, 4) is 11.5 Å². The van der Waals surface area contributed by atoms with Gasteiger partial charge in [-0.2, -0.15) is 0 Å². The van der Waals surface area contributed by atoms with Gasteiger partial charge in [0, 0.05) is 12.0 Å². The molecule has 0 saturated heterocycles. The van der Waals surface area contributed by atoms with Crippen LogP contribution in [0.1, 0.15) is 57.9 Å². The first-order valence-electron chi connectivity index (χ1n) is 11.6. The van der Waals surface area contributed by atoms with Crippen molar-refractivity contribution >= 4 is 11.8 Å². The Morgan fingerprint density at radius 1 is 1.00 bits per heavy atom. The molecule has 0 unspecified atom stereocenters. The zero-order valence-electron chi connectivity index (χ0n) is 19.2. The van der Waals surface area contributed by atoms with Crippen LogP contribution in [0, 0.1) is 29.1 Å². The molecule has 0 heterocycles. The Balaban J connectivity index is 1.39. The molecule has 31 heavy (non-hydrogen) atoms. The number of hydrogen-bond donors (Lipinski definition) is 2. The van der Waals surface area contributed by atoms with E-state index in [1.807, 2.05) is 32.0 Å². The van der Waals surface area contributed by atoms with Crippen molar-refractivity contribution in [2.24, 2.45) is 29.1 Å². The summed E-state index contributed by atoms with van der Waals surface area (Å²) in [7, 11) is 3.19. The van der Waals surface area contributed by atoms with Gasteiger partial charge in [0.15, 0.2) is 11.5 Å². The van der Waals surface area contributed by atoms with Gasteiger partial charge in [0.1, 0.15) is 6.04 Å². The van der Waals surface area contributed by atoms with Crippen molar-refractivity contribution in [2.75, 3.05) is 14.2 Å². The Morgan fingerprint density at radius 2 is 1.58 bits per heavy atom. The van der Waals surface area contributed by atoms with Gasteiger partial charge in [-0.1, -0.05) is 19.9 Å². The average Bonchev–Trinajstić information content (AvgIpc) is 2.74. The van der Waals surface area contributed by atoms with E-state index in [1.165, 1.54) is 19.3 Å². The zero-order valence-corrected chi connectivity index (χ0v) is 19.2. The number of carbonyl (C=O) groups excluding carboxylic acids is 2. The van der Waals surface area contributed by atoms with E-state index in [1.54, 1.807) is 14.2 Å². The van der Waals surface area contributed by atoms with Gasteiger partial charge in [-0.3, -0.25) is 9.59 Å². The Morgan fingerprint density at radius 3 is 2.10 bits per heavy atom. The van der Waals surface area contributed by atoms with Gasteiger partial charge in [0.2, 0.25) is 11.8 Å². The first-order valence-corrected chi connectivity index (χ1v) is 11.6. The van der Waals surface area contributed by atoms with Crippen molar-refractivity contribution in [1.29, 1.82) is 0 Å². The fourth-order valence-electron chi connectivity index (χ4n) is 6.51. The Kier molecular flexibility index (Phi) is 6.18. The maximum absolute atomic E-state index is 13.4. The molecular formula is C25H36N2O4. The number of nitrogens with one attached hydrogen (secondary N) is 2. The summed E-state index contributed by atoms with van der Waals surface area (Å²) >= 11 is 0. The minimum absolute atomic E-state index is 0.0169. The second kappa shape index (κ2) is 8.71. The largest absolute Gasteiger partial charge is 0.493 e. The smallest absolute Gasteiger partial charge is 0.243 e. The molecule has 0 radical (unpaired) electrons. The van der Waals surface area contributed by atoms with Crippen molar-refractivity contribution in [2.45, 2.75) is 65.0 Å². The summed E-state index contributed by atoms with van der Waals surface area (Å²) in [6.07, 6.45) is 6.90. The lowest BCUT2D eigenvalue weighted by molar-refractivity contribution is -0.149. The van der Waals surface area contributed by atoms with Gasteiger partial charge in [-0.15, -0.1) is 0 Å². The minimum atomic E-state index is -0.527. The molecule has 6 nitrogen and oxygen atoms in total. The number of benzene rings is 1. The van der Waals surface area contributed by atoms with Crippen LogP contribution in [0.4, 0.5) is 0 Å². The summed E-state index contributed by atoms with van der Waals surface area (Å²) in [5, 5.41) is 6.15. The van der Waals surface area contributed by atoms with E-state index in [0.717, 1.165) is 24.8 Å². The molecule has 0 aliphatic heterocycles. The second-order valence-corrected chi connectivity index (χ2v) is 10.3. The summed E-state index contributed by atoms with van der Waals surface area (Å²) in [4.78, 5) is 26.4. The molecule has 1 atom stereocenters. The lowest BCUT2D eigenvalue weighted by Gasteiger charge is -2.55. The molecular weight excluding hydrogens is 392 g/mol. The predicted octanol–water partition coefficient (Wildman–Crippen LogP) is 3.68. The third kappa shape index (κ3) is 4.39. The topological polar surface area (TPSA) is 76.7 Å². The molecule has 4 bridgehead atoms. The third-order valence-electron chi connectivity index (χ3n) is 7.67. The molecule has 0 aromatic heterocycles. The number of ether oxygens (including phenoxy) is 2. The Labute approximate surface area is 185 Å². The molecule has 6 heteroatoms. The van der Waals surface area contributed by atoms with E-state index in [4.69, 9.17) is 9.47 Å². The summed E-state index contributed by atoms with van der Waals surface area (Å²) in [5.74, 6) is 3.37. The molecule has 5 rings (SSSR count). The summed E-state index contributed by atoms with van der Waals surface area (Å²) < 4.78 is 10.6. The summed E-state index contributed by atoms with van der Waals surface area (Å²) in [6.45, 7) is 4.34. The Bertz CT molecular complexity index is 800. The highest BCUT2D eigenvalue weighted by Crippen LogP contribution is 2.60. The lowest BCUT2D eigenvalue weighted by atomic mass is 9.49. The lowest BCUT2D eigenvalue weighted by Crippen LogP contribution is -2.58. The highest BCUT2D eigenvalue weighted by molar-refractivity contribution is 5.90. The van der Waals surface area contributed by atoms with Gasteiger partial charge in [-0.25, -0.2) is 0 Å². The fourth-order valence-corrected chi connectivity index (χ4v) is 6.51. The van der Waals surface area contributed by atoms with Crippen LogP contribution >= 0.6 is 0 Å². The Hall–Kier alpha value is -2.24. The molecule has 1 aromatic carbocycles. The van der Waals surface area contributed by atoms with Crippen LogP contribution in [-0.4, -0.2) is 32.1 Å². The molecule has 170 valence electrons. The average molecular weight is 429 g/mol. The van der Waals surface area contributed by atoms with E-state index in [2.05, 4.69) is 10.6 Å². The SMILES string of the molecule is COc1ccc(CNC(=O)[C@H](NC(=O)C23CC4CC(CC(C4)C2)C3)C(C)C)cc1OC.